The molecular weight excluding hydrogens is 268 g/mol. The zero-order valence-corrected chi connectivity index (χ0v) is 13.2. The molecule has 1 aromatic carbocycles. The van der Waals surface area contributed by atoms with Crippen LogP contribution in [0.15, 0.2) is 12.1 Å². The van der Waals surface area contributed by atoms with Gasteiger partial charge in [0.1, 0.15) is 0 Å². The van der Waals surface area contributed by atoms with Gasteiger partial charge in [0.15, 0.2) is 0 Å². The van der Waals surface area contributed by atoms with Crippen LogP contribution in [0.4, 0.5) is 10.5 Å². The predicted molar refractivity (Wildman–Crippen MR) is 84.0 cm³/mol. The minimum atomic E-state index is -1.04. The molecule has 21 heavy (non-hydrogen) atoms. The number of nitrogens with zero attached hydrogens (tertiary/aromatic N) is 1. The minimum Gasteiger partial charge on any atom is -0.478 e. The standard InChI is InChI=1S/C16H24N2O3/c1-5-6-7-8-18(4)16(21)17-14-12(3)9-11(2)10-13(14)15(19)20/h9-10H,5-8H2,1-4H3,(H,17,21)(H,19,20). The van der Waals surface area contributed by atoms with Gasteiger partial charge < -0.3 is 15.3 Å². The molecule has 2 amide bonds. The van der Waals surface area contributed by atoms with E-state index < -0.39 is 5.97 Å². The monoisotopic (exact) mass is 292 g/mol. The Kier molecular flexibility index (Phi) is 6.21. The smallest absolute Gasteiger partial charge is 0.337 e. The first kappa shape index (κ1) is 17.0. The lowest BCUT2D eigenvalue weighted by atomic mass is 10.0. The van der Waals surface area contributed by atoms with E-state index in [0.29, 0.717) is 12.2 Å². The van der Waals surface area contributed by atoms with E-state index in [0.717, 1.165) is 30.4 Å². The maximum absolute atomic E-state index is 12.1. The van der Waals surface area contributed by atoms with Crippen molar-refractivity contribution in [1.82, 2.24) is 4.90 Å². The second-order valence-corrected chi connectivity index (χ2v) is 5.37. The van der Waals surface area contributed by atoms with Crippen molar-refractivity contribution < 1.29 is 14.7 Å². The Balaban J connectivity index is 2.87. The van der Waals surface area contributed by atoms with Gasteiger partial charge in [0, 0.05) is 13.6 Å². The molecule has 5 heteroatoms. The molecular formula is C16H24N2O3. The van der Waals surface area contributed by atoms with Crippen molar-refractivity contribution in [3.63, 3.8) is 0 Å². The Morgan fingerprint density at radius 1 is 1.24 bits per heavy atom. The van der Waals surface area contributed by atoms with Crippen molar-refractivity contribution in [2.24, 2.45) is 0 Å². The Labute approximate surface area is 126 Å². The summed E-state index contributed by atoms with van der Waals surface area (Å²) in [6, 6.07) is 3.15. The van der Waals surface area contributed by atoms with Crippen LogP contribution in [-0.4, -0.2) is 35.6 Å². The van der Waals surface area contributed by atoms with Gasteiger partial charge >= 0.3 is 12.0 Å². The second-order valence-electron chi connectivity index (χ2n) is 5.37. The van der Waals surface area contributed by atoms with Gasteiger partial charge in [-0.2, -0.15) is 0 Å². The summed E-state index contributed by atoms with van der Waals surface area (Å²) in [7, 11) is 1.72. The van der Waals surface area contributed by atoms with Gasteiger partial charge in [-0.05, 0) is 37.5 Å². The van der Waals surface area contributed by atoms with Crippen molar-refractivity contribution in [2.75, 3.05) is 18.9 Å². The van der Waals surface area contributed by atoms with Crippen LogP contribution in [0, 0.1) is 13.8 Å². The quantitative estimate of drug-likeness (QED) is 0.786. The number of carbonyl (C=O) groups is 2. The number of anilines is 1. The highest BCUT2D eigenvalue weighted by Gasteiger charge is 2.17. The van der Waals surface area contributed by atoms with Crippen LogP contribution < -0.4 is 5.32 Å². The number of carbonyl (C=O) groups excluding carboxylic acids is 1. The molecule has 2 N–H and O–H groups in total. The first-order chi connectivity index (χ1) is 9.86. The molecule has 0 aliphatic heterocycles. The average Bonchev–Trinajstić information content (AvgIpc) is 2.41. The number of amides is 2. The minimum absolute atomic E-state index is 0.128. The molecule has 1 rings (SSSR count). The topological polar surface area (TPSA) is 69.6 Å². The fourth-order valence-corrected chi connectivity index (χ4v) is 2.21. The van der Waals surface area contributed by atoms with Crippen LogP contribution in [0.3, 0.4) is 0 Å². The first-order valence-electron chi connectivity index (χ1n) is 7.23. The van der Waals surface area contributed by atoms with E-state index in [2.05, 4.69) is 12.2 Å². The number of carboxylic acids is 1. The summed E-state index contributed by atoms with van der Waals surface area (Å²) in [5, 5.41) is 12.0. The van der Waals surface area contributed by atoms with Crippen LogP contribution >= 0.6 is 0 Å². The molecule has 0 fully saturated rings. The molecule has 5 nitrogen and oxygen atoms in total. The molecule has 0 heterocycles. The lowest BCUT2D eigenvalue weighted by molar-refractivity contribution is 0.0698. The number of unbranched alkanes of at least 4 members (excludes halogenated alkanes) is 2. The fourth-order valence-electron chi connectivity index (χ4n) is 2.21. The number of rotatable bonds is 6. The summed E-state index contributed by atoms with van der Waals surface area (Å²) in [5.74, 6) is -1.04. The molecule has 0 aromatic heterocycles. The van der Waals surface area contributed by atoms with E-state index >= 15 is 0 Å². The van der Waals surface area contributed by atoms with Gasteiger partial charge in [0.25, 0.3) is 0 Å². The molecule has 1 aromatic rings. The Hall–Kier alpha value is -2.04. The number of hydrogen-bond donors (Lipinski definition) is 2. The highest BCUT2D eigenvalue weighted by atomic mass is 16.4. The van der Waals surface area contributed by atoms with Crippen molar-refractivity contribution >= 4 is 17.7 Å². The van der Waals surface area contributed by atoms with Crippen LogP contribution in [0.5, 0.6) is 0 Å². The zero-order chi connectivity index (χ0) is 16.0. The largest absolute Gasteiger partial charge is 0.478 e. The zero-order valence-electron chi connectivity index (χ0n) is 13.2. The van der Waals surface area contributed by atoms with Crippen LogP contribution in [0.2, 0.25) is 0 Å². The van der Waals surface area contributed by atoms with E-state index in [1.165, 1.54) is 0 Å². The van der Waals surface area contributed by atoms with E-state index in [4.69, 9.17) is 0 Å². The molecule has 116 valence electrons. The highest BCUT2D eigenvalue weighted by Crippen LogP contribution is 2.23. The maximum atomic E-state index is 12.1. The van der Waals surface area contributed by atoms with Crippen LogP contribution in [-0.2, 0) is 0 Å². The molecule has 0 saturated carbocycles. The lowest BCUT2D eigenvalue weighted by Gasteiger charge is -2.20. The molecule has 0 saturated heterocycles. The van der Waals surface area contributed by atoms with Crippen LogP contribution in [0.25, 0.3) is 0 Å². The van der Waals surface area contributed by atoms with Crippen LogP contribution in [0.1, 0.15) is 47.7 Å². The summed E-state index contributed by atoms with van der Waals surface area (Å²) in [6.07, 6.45) is 3.11. The van der Waals surface area contributed by atoms with E-state index in [9.17, 15) is 14.7 Å². The second kappa shape index (κ2) is 7.67. The number of aromatic carboxylic acids is 1. The third-order valence-corrected chi connectivity index (χ3v) is 3.39. The SMILES string of the molecule is CCCCCN(C)C(=O)Nc1c(C)cc(C)cc1C(=O)O. The summed E-state index contributed by atoms with van der Waals surface area (Å²) >= 11 is 0. The van der Waals surface area contributed by atoms with E-state index in [1.807, 2.05) is 13.0 Å². The van der Waals surface area contributed by atoms with Crippen molar-refractivity contribution in [1.29, 1.82) is 0 Å². The summed E-state index contributed by atoms with van der Waals surface area (Å²) in [6.45, 7) is 6.40. The van der Waals surface area contributed by atoms with Gasteiger partial charge in [-0.15, -0.1) is 0 Å². The third kappa shape index (κ3) is 4.77. The molecule has 0 bridgehead atoms. The van der Waals surface area contributed by atoms with Gasteiger partial charge in [-0.1, -0.05) is 25.8 Å². The number of hydrogen-bond acceptors (Lipinski definition) is 2. The van der Waals surface area contributed by atoms with Gasteiger partial charge in [-0.25, -0.2) is 9.59 Å². The Morgan fingerprint density at radius 3 is 2.48 bits per heavy atom. The van der Waals surface area contributed by atoms with E-state index in [1.54, 1.807) is 24.9 Å². The predicted octanol–water partition coefficient (Wildman–Crippen LogP) is 3.66. The highest BCUT2D eigenvalue weighted by molar-refractivity contribution is 6.01. The molecule has 0 aliphatic carbocycles. The summed E-state index contributed by atoms with van der Waals surface area (Å²) in [5.41, 5.74) is 2.12. The van der Waals surface area contributed by atoms with Crippen molar-refractivity contribution in [2.45, 2.75) is 40.0 Å². The van der Waals surface area contributed by atoms with Gasteiger partial charge in [0.2, 0.25) is 0 Å². The van der Waals surface area contributed by atoms with Gasteiger partial charge in [-0.3, -0.25) is 0 Å². The molecule has 0 atom stereocenters. The Bertz CT molecular complexity index is 526. The first-order valence-corrected chi connectivity index (χ1v) is 7.23. The lowest BCUT2D eigenvalue weighted by Crippen LogP contribution is -2.33. The maximum Gasteiger partial charge on any atom is 0.337 e. The number of nitrogens with one attached hydrogen (secondary N) is 1. The molecule has 0 aliphatic rings. The van der Waals surface area contributed by atoms with Gasteiger partial charge in [0.05, 0.1) is 11.3 Å². The fraction of sp³-hybridized carbons (Fsp3) is 0.500. The molecule has 0 unspecified atom stereocenters. The number of urea groups is 1. The molecule has 0 spiro atoms. The number of benzene rings is 1. The summed E-state index contributed by atoms with van der Waals surface area (Å²) < 4.78 is 0. The summed E-state index contributed by atoms with van der Waals surface area (Å²) in [4.78, 5) is 25.0. The van der Waals surface area contributed by atoms with Crippen molar-refractivity contribution in [3.8, 4) is 0 Å². The number of carboxylic acid groups (broad SMARTS) is 1. The normalized spacial score (nSPS) is 10.3. The molecule has 0 radical (unpaired) electrons. The van der Waals surface area contributed by atoms with Crippen molar-refractivity contribution in [3.05, 3.63) is 28.8 Å². The Morgan fingerprint density at radius 2 is 1.90 bits per heavy atom. The van der Waals surface area contributed by atoms with E-state index in [-0.39, 0.29) is 11.6 Å². The average molecular weight is 292 g/mol. The third-order valence-electron chi connectivity index (χ3n) is 3.39. The number of aryl methyl sites for hydroxylation is 2.